The van der Waals surface area contributed by atoms with Crippen molar-refractivity contribution in [2.24, 2.45) is 0 Å². The van der Waals surface area contributed by atoms with Crippen LogP contribution < -0.4 is 5.32 Å². The highest BCUT2D eigenvalue weighted by atomic mass is 19.3. The molecule has 0 aromatic rings. The maximum atomic E-state index is 12.6. The number of rotatable bonds is 2. The maximum Gasteiger partial charge on any atom is 0.322 e. The second kappa shape index (κ2) is 3.60. The van der Waals surface area contributed by atoms with Crippen LogP contribution in [-0.2, 0) is 0 Å². The summed E-state index contributed by atoms with van der Waals surface area (Å²) in [6, 6.07) is -1.34. The van der Waals surface area contributed by atoms with Gasteiger partial charge in [-0.1, -0.05) is 6.42 Å². The summed E-state index contributed by atoms with van der Waals surface area (Å²) in [5.74, 6) is -3.87. The first-order valence-electron chi connectivity index (χ1n) is 3.94. The second-order valence-corrected chi connectivity index (χ2v) is 2.98. The summed E-state index contributed by atoms with van der Waals surface area (Å²) in [5.41, 5.74) is 0. The summed E-state index contributed by atoms with van der Waals surface area (Å²) in [6.07, 6.45) is -2.04. The Kier molecular flexibility index (Phi) is 2.93. The summed E-state index contributed by atoms with van der Waals surface area (Å²) in [5, 5.41) is 2.41. The smallest absolute Gasteiger partial charge is 0.308 e. The monoisotopic (exact) mass is 185 g/mol. The Morgan fingerprint density at radius 2 is 1.92 bits per heavy atom. The van der Waals surface area contributed by atoms with Crippen LogP contribution in [-0.4, -0.2) is 24.9 Å². The van der Waals surface area contributed by atoms with E-state index in [9.17, 15) is 17.6 Å². The predicted molar refractivity (Wildman–Crippen MR) is 36.6 cm³/mol. The van der Waals surface area contributed by atoms with E-state index < -0.39 is 18.4 Å². The zero-order chi connectivity index (χ0) is 9.19. The van der Waals surface area contributed by atoms with E-state index in [0.29, 0.717) is 13.0 Å². The summed E-state index contributed by atoms with van der Waals surface area (Å²) in [4.78, 5) is 0. The van der Waals surface area contributed by atoms with E-state index in [4.69, 9.17) is 0 Å². The van der Waals surface area contributed by atoms with E-state index in [1.165, 1.54) is 0 Å². The van der Waals surface area contributed by atoms with Crippen LogP contribution in [0.2, 0.25) is 0 Å². The van der Waals surface area contributed by atoms with Crippen molar-refractivity contribution < 1.29 is 17.6 Å². The zero-order valence-electron chi connectivity index (χ0n) is 6.49. The predicted octanol–water partition coefficient (Wildman–Crippen LogP) is 2.03. The van der Waals surface area contributed by atoms with Crippen molar-refractivity contribution in [3.8, 4) is 0 Å². The first kappa shape index (κ1) is 9.77. The molecule has 72 valence electrons. The molecule has 1 heterocycles. The molecule has 12 heavy (non-hydrogen) atoms. The molecule has 0 aliphatic carbocycles. The highest BCUT2D eigenvalue weighted by Crippen LogP contribution is 2.30. The van der Waals surface area contributed by atoms with Gasteiger partial charge in [0, 0.05) is 0 Å². The maximum absolute atomic E-state index is 12.6. The van der Waals surface area contributed by atoms with Gasteiger partial charge in [0.25, 0.3) is 0 Å². The van der Waals surface area contributed by atoms with Crippen LogP contribution in [0.15, 0.2) is 0 Å². The number of hydrogen-bond donors (Lipinski definition) is 1. The molecule has 1 atom stereocenters. The number of piperidine rings is 1. The van der Waals surface area contributed by atoms with E-state index in [2.05, 4.69) is 5.32 Å². The average molecular weight is 185 g/mol. The lowest BCUT2D eigenvalue weighted by Gasteiger charge is -2.30. The molecule has 0 saturated carbocycles. The fourth-order valence-corrected chi connectivity index (χ4v) is 1.33. The molecular weight excluding hydrogens is 174 g/mol. The van der Waals surface area contributed by atoms with Crippen molar-refractivity contribution >= 4 is 0 Å². The van der Waals surface area contributed by atoms with Gasteiger partial charge in [0.1, 0.15) is 0 Å². The van der Waals surface area contributed by atoms with E-state index in [1.54, 1.807) is 0 Å². The average Bonchev–Trinajstić information content (AvgIpc) is 2.06. The van der Waals surface area contributed by atoms with Gasteiger partial charge < -0.3 is 5.32 Å². The van der Waals surface area contributed by atoms with Gasteiger partial charge in [0.15, 0.2) is 0 Å². The minimum atomic E-state index is -3.87. The first-order valence-corrected chi connectivity index (χ1v) is 3.94. The largest absolute Gasteiger partial charge is 0.322 e. The number of halogens is 4. The van der Waals surface area contributed by atoms with Crippen molar-refractivity contribution in [3.05, 3.63) is 0 Å². The van der Waals surface area contributed by atoms with Gasteiger partial charge >= 0.3 is 12.3 Å². The summed E-state index contributed by atoms with van der Waals surface area (Å²) >= 11 is 0. The highest BCUT2D eigenvalue weighted by molar-refractivity contribution is 4.87. The van der Waals surface area contributed by atoms with Gasteiger partial charge in [-0.15, -0.1) is 0 Å². The third-order valence-corrected chi connectivity index (χ3v) is 2.07. The third kappa shape index (κ3) is 1.88. The molecule has 1 N–H and O–H groups in total. The molecular formula is C7H11F4N. The topological polar surface area (TPSA) is 12.0 Å². The van der Waals surface area contributed by atoms with Crippen LogP contribution >= 0.6 is 0 Å². The van der Waals surface area contributed by atoms with Gasteiger partial charge in [0.2, 0.25) is 0 Å². The molecule has 0 radical (unpaired) electrons. The van der Waals surface area contributed by atoms with Crippen LogP contribution in [0, 0.1) is 0 Å². The second-order valence-electron chi connectivity index (χ2n) is 2.98. The molecule has 1 nitrogen and oxygen atoms in total. The Morgan fingerprint density at radius 3 is 2.33 bits per heavy atom. The van der Waals surface area contributed by atoms with Crippen molar-refractivity contribution in [1.82, 2.24) is 5.32 Å². The molecule has 1 unspecified atom stereocenters. The Hall–Kier alpha value is -0.320. The van der Waals surface area contributed by atoms with Crippen molar-refractivity contribution in [1.29, 1.82) is 0 Å². The van der Waals surface area contributed by atoms with E-state index in [-0.39, 0.29) is 6.42 Å². The Balaban J connectivity index is 2.53. The lowest BCUT2D eigenvalue weighted by atomic mass is 9.99. The fourth-order valence-electron chi connectivity index (χ4n) is 1.33. The standard InChI is InChI=1S/C7H11F4N/c8-6(9)7(10,11)5-3-1-2-4-12-5/h5-6,12H,1-4H2. The Labute approximate surface area is 68.1 Å². The molecule has 5 heteroatoms. The summed E-state index contributed by atoms with van der Waals surface area (Å²) < 4.78 is 48.9. The summed E-state index contributed by atoms with van der Waals surface area (Å²) in [6.45, 7) is 0.410. The molecule has 0 bridgehead atoms. The Morgan fingerprint density at radius 1 is 1.25 bits per heavy atom. The molecule has 0 spiro atoms. The molecule has 1 saturated heterocycles. The van der Waals surface area contributed by atoms with Crippen molar-refractivity contribution in [2.45, 2.75) is 37.7 Å². The molecule has 1 aliphatic rings. The number of nitrogens with one attached hydrogen (secondary N) is 1. The molecule has 1 fully saturated rings. The lowest BCUT2D eigenvalue weighted by Crippen LogP contribution is -2.51. The number of hydrogen-bond acceptors (Lipinski definition) is 1. The molecule has 1 aliphatic heterocycles. The highest BCUT2D eigenvalue weighted by Gasteiger charge is 2.48. The SMILES string of the molecule is FC(F)C(F)(F)C1CCCCN1. The summed E-state index contributed by atoms with van der Waals surface area (Å²) in [7, 11) is 0. The Bertz CT molecular complexity index is 142. The first-order chi connectivity index (χ1) is 5.55. The van der Waals surface area contributed by atoms with Crippen LogP contribution in [0.5, 0.6) is 0 Å². The van der Waals surface area contributed by atoms with E-state index >= 15 is 0 Å². The zero-order valence-corrected chi connectivity index (χ0v) is 6.49. The van der Waals surface area contributed by atoms with Gasteiger partial charge in [-0.25, -0.2) is 8.78 Å². The van der Waals surface area contributed by atoms with Crippen molar-refractivity contribution in [2.75, 3.05) is 6.54 Å². The van der Waals surface area contributed by atoms with Gasteiger partial charge in [-0.05, 0) is 19.4 Å². The fraction of sp³-hybridized carbons (Fsp3) is 1.00. The third-order valence-electron chi connectivity index (χ3n) is 2.07. The quantitative estimate of drug-likeness (QED) is 0.649. The van der Waals surface area contributed by atoms with E-state index in [1.807, 2.05) is 0 Å². The van der Waals surface area contributed by atoms with Gasteiger partial charge in [0.05, 0.1) is 6.04 Å². The van der Waals surface area contributed by atoms with E-state index in [0.717, 1.165) is 6.42 Å². The molecule has 1 rings (SSSR count). The van der Waals surface area contributed by atoms with Crippen LogP contribution in [0.4, 0.5) is 17.6 Å². The lowest BCUT2D eigenvalue weighted by molar-refractivity contribution is -0.153. The number of alkyl halides is 4. The molecule has 0 amide bonds. The normalized spacial score (nSPS) is 26.2. The molecule has 0 aromatic heterocycles. The minimum Gasteiger partial charge on any atom is -0.308 e. The van der Waals surface area contributed by atoms with Crippen LogP contribution in [0.3, 0.4) is 0 Å². The van der Waals surface area contributed by atoms with Gasteiger partial charge in [-0.3, -0.25) is 0 Å². The minimum absolute atomic E-state index is 0.136. The van der Waals surface area contributed by atoms with Crippen LogP contribution in [0.1, 0.15) is 19.3 Å². The van der Waals surface area contributed by atoms with Gasteiger partial charge in [-0.2, -0.15) is 8.78 Å². The molecule has 0 aromatic carbocycles. The van der Waals surface area contributed by atoms with Crippen LogP contribution in [0.25, 0.3) is 0 Å². The van der Waals surface area contributed by atoms with Crippen molar-refractivity contribution in [3.63, 3.8) is 0 Å².